The largest absolute Gasteiger partial charge is 0.373 e. The van der Waals surface area contributed by atoms with Crippen molar-refractivity contribution < 1.29 is 4.74 Å². The Morgan fingerprint density at radius 1 is 1.35 bits per heavy atom. The average molecular weight is 275 g/mol. The van der Waals surface area contributed by atoms with Crippen LogP contribution in [0, 0.1) is 0 Å². The van der Waals surface area contributed by atoms with Gasteiger partial charge in [-0.15, -0.1) is 0 Å². The van der Waals surface area contributed by atoms with Crippen molar-refractivity contribution in [2.45, 2.75) is 32.6 Å². The zero-order valence-corrected chi connectivity index (χ0v) is 11.5. The first-order chi connectivity index (χ1) is 8.04. The lowest BCUT2D eigenvalue weighted by Gasteiger charge is -2.35. The fourth-order valence-electron chi connectivity index (χ4n) is 2.21. The van der Waals surface area contributed by atoms with E-state index in [4.69, 9.17) is 27.9 Å². The number of hydrogen-bond donors (Lipinski definition) is 0. The fraction of sp³-hybridized carbons (Fsp3) is 0.583. The molecule has 17 heavy (non-hydrogen) atoms. The molecule has 3 nitrogen and oxygen atoms in total. The van der Waals surface area contributed by atoms with Gasteiger partial charge in [-0.25, -0.2) is 4.98 Å². The quantitative estimate of drug-likeness (QED) is 0.776. The van der Waals surface area contributed by atoms with E-state index >= 15 is 0 Å². The molecule has 0 bridgehead atoms. The first-order valence-corrected chi connectivity index (χ1v) is 6.48. The summed E-state index contributed by atoms with van der Waals surface area (Å²) in [5.41, 5.74) is 1.01. The third-order valence-corrected chi connectivity index (χ3v) is 3.34. The maximum atomic E-state index is 6.14. The highest BCUT2D eigenvalue weighted by Gasteiger charge is 2.22. The molecule has 1 aliphatic rings. The summed E-state index contributed by atoms with van der Waals surface area (Å²) in [5, 5.41) is 1.11. The monoisotopic (exact) mass is 274 g/mol. The predicted octanol–water partition coefficient (Wildman–Crippen LogP) is 3.00. The molecular weight excluding hydrogens is 259 g/mol. The van der Waals surface area contributed by atoms with Crippen LogP contribution in [0.15, 0.2) is 12.3 Å². The van der Waals surface area contributed by atoms with E-state index in [0.717, 1.165) is 25.2 Å². The molecule has 2 heterocycles. The van der Waals surface area contributed by atoms with E-state index in [1.807, 2.05) is 0 Å². The summed E-state index contributed by atoms with van der Waals surface area (Å²) in [6, 6.07) is 1.69. The highest BCUT2D eigenvalue weighted by molar-refractivity contribution is 6.34. The molecule has 0 radical (unpaired) electrons. The number of ether oxygens (including phenoxy) is 1. The molecule has 0 spiro atoms. The summed E-state index contributed by atoms with van der Waals surface area (Å²) < 4.78 is 5.69. The molecule has 2 rings (SSSR count). The minimum absolute atomic E-state index is 0.262. The second-order valence-electron chi connectivity index (χ2n) is 4.55. The van der Waals surface area contributed by atoms with Gasteiger partial charge in [-0.3, -0.25) is 4.90 Å². The lowest BCUT2D eigenvalue weighted by atomic mass is 10.2. The van der Waals surface area contributed by atoms with Gasteiger partial charge in [0.1, 0.15) is 5.15 Å². The summed E-state index contributed by atoms with van der Waals surface area (Å²) in [6.45, 7) is 6.81. The summed E-state index contributed by atoms with van der Waals surface area (Å²) in [7, 11) is 0. The van der Waals surface area contributed by atoms with Crippen LogP contribution in [0.5, 0.6) is 0 Å². The van der Waals surface area contributed by atoms with Crippen LogP contribution >= 0.6 is 23.2 Å². The zero-order valence-electron chi connectivity index (χ0n) is 9.99. The van der Waals surface area contributed by atoms with Crippen molar-refractivity contribution in [2.75, 3.05) is 13.1 Å². The van der Waals surface area contributed by atoms with Gasteiger partial charge in [-0.05, 0) is 19.9 Å². The van der Waals surface area contributed by atoms with Crippen molar-refractivity contribution in [3.05, 3.63) is 28.0 Å². The van der Waals surface area contributed by atoms with Crippen LogP contribution in [0.3, 0.4) is 0 Å². The van der Waals surface area contributed by atoms with Crippen molar-refractivity contribution in [3.8, 4) is 0 Å². The Kier molecular flexibility index (Phi) is 4.26. The number of halogens is 2. The van der Waals surface area contributed by atoms with Gasteiger partial charge in [0.25, 0.3) is 0 Å². The molecule has 94 valence electrons. The second-order valence-corrected chi connectivity index (χ2v) is 5.34. The van der Waals surface area contributed by atoms with E-state index in [2.05, 4.69) is 23.7 Å². The van der Waals surface area contributed by atoms with E-state index in [0.29, 0.717) is 10.2 Å². The van der Waals surface area contributed by atoms with Gasteiger partial charge in [-0.2, -0.15) is 0 Å². The lowest BCUT2D eigenvalue weighted by Crippen LogP contribution is -2.44. The fourth-order valence-corrected chi connectivity index (χ4v) is 2.63. The highest BCUT2D eigenvalue weighted by atomic mass is 35.5. The molecule has 0 unspecified atom stereocenters. The van der Waals surface area contributed by atoms with Crippen molar-refractivity contribution in [1.29, 1.82) is 0 Å². The average Bonchev–Trinajstić information content (AvgIpc) is 2.21. The van der Waals surface area contributed by atoms with E-state index in [1.165, 1.54) is 0 Å². The zero-order chi connectivity index (χ0) is 12.4. The molecule has 1 saturated heterocycles. The van der Waals surface area contributed by atoms with Crippen LogP contribution < -0.4 is 0 Å². The summed E-state index contributed by atoms with van der Waals surface area (Å²) >= 11 is 11.9. The minimum atomic E-state index is 0.262. The van der Waals surface area contributed by atoms with Gasteiger partial charge in [0, 0.05) is 36.4 Å². The smallest absolute Gasteiger partial charge is 0.130 e. The van der Waals surface area contributed by atoms with E-state index < -0.39 is 0 Å². The Morgan fingerprint density at radius 3 is 2.59 bits per heavy atom. The molecule has 0 N–H and O–H groups in total. The standard InChI is InChI=1S/C12H16Cl2N2O/c1-8-5-16(6-9(2)17-8)7-10-4-15-12(14)3-11(10)13/h3-4,8-9H,5-7H2,1-2H3/t8-,9+. The molecule has 0 amide bonds. The Bertz CT molecular complexity index is 390. The number of hydrogen-bond acceptors (Lipinski definition) is 3. The van der Waals surface area contributed by atoms with E-state index in [9.17, 15) is 0 Å². The Balaban J connectivity index is 2.04. The van der Waals surface area contributed by atoms with Gasteiger partial charge < -0.3 is 4.74 Å². The molecule has 1 fully saturated rings. The summed E-state index contributed by atoms with van der Waals surface area (Å²) in [4.78, 5) is 6.40. The highest BCUT2D eigenvalue weighted by Crippen LogP contribution is 2.21. The number of pyridine rings is 1. The van der Waals surface area contributed by atoms with Crippen molar-refractivity contribution >= 4 is 23.2 Å². The minimum Gasteiger partial charge on any atom is -0.373 e. The topological polar surface area (TPSA) is 25.4 Å². The van der Waals surface area contributed by atoms with Crippen molar-refractivity contribution in [2.24, 2.45) is 0 Å². The van der Waals surface area contributed by atoms with Gasteiger partial charge in [0.05, 0.1) is 12.2 Å². The first kappa shape index (κ1) is 13.1. The van der Waals surface area contributed by atoms with Gasteiger partial charge in [-0.1, -0.05) is 23.2 Å². The molecule has 1 aromatic rings. The Labute approximate surface area is 112 Å². The van der Waals surface area contributed by atoms with E-state index in [1.54, 1.807) is 12.3 Å². The molecule has 1 aliphatic heterocycles. The van der Waals surface area contributed by atoms with Crippen LogP contribution in [0.25, 0.3) is 0 Å². The molecule has 5 heteroatoms. The number of aromatic nitrogens is 1. The van der Waals surface area contributed by atoms with Gasteiger partial charge >= 0.3 is 0 Å². The van der Waals surface area contributed by atoms with E-state index in [-0.39, 0.29) is 12.2 Å². The number of morpholine rings is 1. The summed E-state index contributed by atoms with van der Waals surface area (Å²) in [5.74, 6) is 0. The van der Waals surface area contributed by atoms with Crippen LogP contribution in [-0.2, 0) is 11.3 Å². The normalized spacial score (nSPS) is 26.1. The Hall–Kier alpha value is -0.350. The molecule has 0 aromatic carbocycles. The molecule has 0 aliphatic carbocycles. The van der Waals surface area contributed by atoms with Crippen LogP contribution in [0.2, 0.25) is 10.2 Å². The lowest BCUT2D eigenvalue weighted by molar-refractivity contribution is -0.0705. The van der Waals surface area contributed by atoms with Crippen LogP contribution in [0.4, 0.5) is 0 Å². The van der Waals surface area contributed by atoms with Gasteiger partial charge in [0.2, 0.25) is 0 Å². The van der Waals surface area contributed by atoms with Gasteiger partial charge in [0.15, 0.2) is 0 Å². The second kappa shape index (κ2) is 5.53. The predicted molar refractivity (Wildman–Crippen MR) is 69.5 cm³/mol. The Morgan fingerprint density at radius 2 is 2.00 bits per heavy atom. The van der Waals surface area contributed by atoms with Crippen LogP contribution in [-0.4, -0.2) is 35.2 Å². The molecule has 2 atom stereocenters. The third kappa shape index (κ3) is 3.55. The maximum absolute atomic E-state index is 6.14. The summed E-state index contributed by atoms with van der Waals surface area (Å²) in [6.07, 6.45) is 2.27. The van der Waals surface area contributed by atoms with Crippen molar-refractivity contribution in [1.82, 2.24) is 9.88 Å². The SMILES string of the molecule is C[C@@H]1CN(Cc2cnc(Cl)cc2Cl)C[C@H](C)O1. The van der Waals surface area contributed by atoms with Crippen molar-refractivity contribution in [3.63, 3.8) is 0 Å². The number of nitrogens with zero attached hydrogens (tertiary/aromatic N) is 2. The first-order valence-electron chi connectivity index (χ1n) is 5.72. The number of rotatable bonds is 2. The maximum Gasteiger partial charge on any atom is 0.130 e. The molecular formula is C12H16Cl2N2O. The third-order valence-electron chi connectivity index (χ3n) is 2.79. The molecule has 0 saturated carbocycles. The molecule has 1 aromatic heterocycles. The van der Waals surface area contributed by atoms with Crippen LogP contribution in [0.1, 0.15) is 19.4 Å².